The van der Waals surface area contributed by atoms with Gasteiger partial charge in [-0.25, -0.2) is 0 Å². The lowest BCUT2D eigenvalue weighted by Gasteiger charge is -1.99. The van der Waals surface area contributed by atoms with Crippen LogP contribution in [0.2, 0.25) is 0 Å². The number of rotatable bonds is 8. The highest BCUT2D eigenvalue weighted by molar-refractivity contribution is 5.68. The van der Waals surface area contributed by atoms with Gasteiger partial charge in [-0.05, 0) is 25.3 Å². The zero-order valence-corrected chi connectivity index (χ0v) is 9.82. The molecule has 1 atom stereocenters. The zero-order valence-electron chi connectivity index (χ0n) is 9.82. The Morgan fingerprint density at radius 1 is 1.44 bits per heavy atom. The molecule has 0 spiro atoms. The molecule has 1 unspecified atom stereocenters. The Morgan fingerprint density at radius 3 is 2.75 bits per heavy atom. The summed E-state index contributed by atoms with van der Waals surface area (Å²) in [5, 5.41) is 9.01. The third-order valence-corrected chi connectivity index (χ3v) is 2.22. The Hall–Kier alpha value is -1.27. The number of terminal acetylenes is 1. The van der Waals surface area contributed by atoms with Crippen LogP contribution in [0.25, 0.3) is 0 Å². The van der Waals surface area contributed by atoms with Crippen LogP contribution < -0.4 is 0 Å². The average Bonchev–Trinajstić information content (AvgIpc) is 2.31. The molecule has 3 nitrogen and oxygen atoms in total. The van der Waals surface area contributed by atoms with E-state index < -0.39 is 6.10 Å². The van der Waals surface area contributed by atoms with E-state index in [0.29, 0.717) is 6.42 Å². The van der Waals surface area contributed by atoms with Crippen LogP contribution in [0.1, 0.15) is 38.5 Å². The SMILES string of the molecule is C#CC(O)C=CCCCCCCC(=O)OC. The van der Waals surface area contributed by atoms with Gasteiger partial charge in [-0.2, -0.15) is 0 Å². The second-order valence-electron chi connectivity index (χ2n) is 3.57. The first kappa shape index (κ1) is 14.7. The molecule has 0 aliphatic carbocycles. The third-order valence-electron chi connectivity index (χ3n) is 2.22. The molecule has 0 fully saturated rings. The van der Waals surface area contributed by atoms with Crippen LogP contribution in [0.15, 0.2) is 12.2 Å². The van der Waals surface area contributed by atoms with Crippen molar-refractivity contribution in [1.82, 2.24) is 0 Å². The molecule has 0 radical (unpaired) electrons. The van der Waals surface area contributed by atoms with Crippen molar-refractivity contribution in [3.63, 3.8) is 0 Å². The van der Waals surface area contributed by atoms with Gasteiger partial charge in [0, 0.05) is 6.42 Å². The number of hydrogen-bond acceptors (Lipinski definition) is 3. The highest BCUT2D eigenvalue weighted by Crippen LogP contribution is 2.06. The van der Waals surface area contributed by atoms with Crippen molar-refractivity contribution in [2.24, 2.45) is 0 Å². The summed E-state index contributed by atoms with van der Waals surface area (Å²) < 4.78 is 4.54. The number of carbonyl (C=O) groups excluding carboxylic acids is 1. The molecule has 0 aliphatic heterocycles. The van der Waals surface area contributed by atoms with E-state index in [0.717, 1.165) is 32.1 Å². The van der Waals surface area contributed by atoms with Crippen LogP contribution in [0.3, 0.4) is 0 Å². The minimum Gasteiger partial charge on any atom is -0.469 e. The summed E-state index contributed by atoms with van der Waals surface area (Å²) in [4.78, 5) is 10.8. The predicted octanol–water partition coefficient (Wildman–Crippen LogP) is 2.05. The minimum atomic E-state index is -0.765. The number of ether oxygens (including phenoxy) is 1. The summed E-state index contributed by atoms with van der Waals surface area (Å²) in [6, 6.07) is 0. The Bertz CT molecular complexity index is 250. The molecule has 0 aliphatic rings. The fourth-order valence-electron chi connectivity index (χ4n) is 1.27. The first-order valence-electron chi connectivity index (χ1n) is 5.58. The maximum Gasteiger partial charge on any atom is 0.305 e. The molecule has 0 bridgehead atoms. The first-order valence-corrected chi connectivity index (χ1v) is 5.58. The van der Waals surface area contributed by atoms with Gasteiger partial charge in [-0.1, -0.05) is 24.8 Å². The van der Waals surface area contributed by atoms with Gasteiger partial charge in [0.2, 0.25) is 0 Å². The van der Waals surface area contributed by atoms with Crippen LogP contribution >= 0.6 is 0 Å². The largest absolute Gasteiger partial charge is 0.469 e. The summed E-state index contributed by atoms with van der Waals surface area (Å²) in [6.07, 6.45) is 13.2. The van der Waals surface area contributed by atoms with E-state index in [-0.39, 0.29) is 5.97 Å². The number of methoxy groups -OCH3 is 1. The number of hydrogen-bond donors (Lipinski definition) is 1. The molecular weight excluding hydrogens is 204 g/mol. The van der Waals surface area contributed by atoms with Crippen molar-refractivity contribution in [2.45, 2.75) is 44.6 Å². The molecular formula is C13H20O3. The highest BCUT2D eigenvalue weighted by atomic mass is 16.5. The van der Waals surface area contributed by atoms with Gasteiger partial charge in [0.05, 0.1) is 7.11 Å². The van der Waals surface area contributed by atoms with E-state index in [2.05, 4.69) is 10.7 Å². The van der Waals surface area contributed by atoms with Gasteiger partial charge in [0.1, 0.15) is 6.10 Å². The molecule has 16 heavy (non-hydrogen) atoms. The molecule has 0 amide bonds. The molecule has 0 saturated carbocycles. The molecule has 0 saturated heterocycles. The molecule has 0 aromatic heterocycles. The van der Waals surface area contributed by atoms with Crippen molar-refractivity contribution in [2.75, 3.05) is 7.11 Å². The molecule has 0 heterocycles. The number of carbonyl (C=O) groups is 1. The second kappa shape index (κ2) is 10.3. The Morgan fingerprint density at radius 2 is 2.12 bits per heavy atom. The number of aliphatic hydroxyl groups is 1. The first-order chi connectivity index (χ1) is 7.70. The Kier molecular flexibility index (Phi) is 9.44. The van der Waals surface area contributed by atoms with Gasteiger partial charge < -0.3 is 9.84 Å². The van der Waals surface area contributed by atoms with E-state index in [9.17, 15) is 4.79 Å². The minimum absolute atomic E-state index is 0.142. The highest BCUT2D eigenvalue weighted by Gasteiger charge is 1.98. The van der Waals surface area contributed by atoms with Crippen LogP contribution in [0.5, 0.6) is 0 Å². The molecule has 1 N–H and O–H groups in total. The Labute approximate surface area is 97.5 Å². The van der Waals surface area contributed by atoms with Crippen molar-refractivity contribution in [3.05, 3.63) is 12.2 Å². The fourth-order valence-corrected chi connectivity index (χ4v) is 1.27. The summed E-state index contributed by atoms with van der Waals surface area (Å²) in [6.45, 7) is 0. The van der Waals surface area contributed by atoms with E-state index >= 15 is 0 Å². The molecule has 0 aromatic rings. The van der Waals surface area contributed by atoms with Gasteiger partial charge in [-0.3, -0.25) is 4.79 Å². The monoisotopic (exact) mass is 224 g/mol. The van der Waals surface area contributed by atoms with Crippen LogP contribution in [0.4, 0.5) is 0 Å². The quantitative estimate of drug-likeness (QED) is 0.297. The standard InChI is InChI=1S/C13H20O3/c1-3-12(14)10-8-6-4-5-7-9-11-13(15)16-2/h1,8,10,12,14H,4-7,9,11H2,2H3. The molecule has 0 aromatic carbocycles. The zero-order chi connectivity index (χ0) is 12.2. The number of allylic oxidation sites excluding steroid dienone is 1. The predicted molar refractivity (Wildman–Crippen MR) is 63.7 cm³/mol. The maximum absolute atomic E-state index is 10.8. The fraction of sp³-hybridized carbons (Fsp3) is 0.615. The van der Waals surface area contributed by atoms with Gasteiger partial charge in [0.15, 0.2) is 0 Å². The lowest BCUT2D eigenvalue weighted by atomic mass is 10.1. The molecule has 3 heteroatoms. The lowest BCUT2D eigenvalue weighted by molar-refractivity contribution is -0.140. The molecule has 90 valence electrons. The van der Waals surface area contributed by atoms with Crippen molar-refractivity contribution in [1.29, 1.82) is 0 Å². The summed E-state index contributed by atoms with van der Waals surface area (Å²) in [5.41, 5.74) is 0. The number of esters is 1. The van der Waals surface area contributed by atoms with Crippen LogP contribution in [-0.4, -0.2) is 24.3 Å². The van der Waals surface area contributed by atoms with Crippen LogP contribution in [-0.2, 0) is 9.53 Å². The van der Waals surface area contributed by atoms with Gasteiger partial charge in [0.25, 0.3) is 0 Å². The number of unbranched alkanes of at least 4 members (excludes halogenated alkanes) is 4. The van der Waals surface area contributed by atoms with E-state index in [1.807, 2.05) is 6.08 Å². The average molecular weight is 224 g/mol. The molecule has 0 rings (SSSR count). The normalized spacial score (nSPS) is 12.3. The lowest BCUT2D eigenvalue weighted by Crippen LogP contribution is -1.99. The van der Waals surface area contributed by atoms with E-state index in [1.54, 1.807) is 6.08 Å². The maximum atomic E-state index is 10.8. The van der Waals surface area contributed by atoms with Crippen molar-refractivity contribution in [3.8, 4) is 12.3 Å². The topological polar surface area (TPSA) is 46.5 Å². The Balaban J connectivity index is 3.25. The second-order valence-corrected chi connectivity index (χ2v) is 3.57. The van der Waals surface area contributed by atoms with E-state index in [1.165, 1.54) is 7.11 Å². The third kappa shape index (κ3) is 9.29. The van der Waals surface area contributed by atoms with Crippen LogP contribution in [0, 0.1) is 12.3 Å². The van der Waals surface area contributed by atoms with Gasteiger partial charge >= 0.3 is 5.97 Å². The summed E-state index contributed by atoms with van der Waals surface area (Å²) >= 11 is 0. The summed E-state index contributed by atoms with van der Waals surface area (Å²) in [7, 11) is 1.41. The number of aliphatic hydroxyl groups excluding tert-OH is 1. The smallest absolute Gasteiger partial charge is 0.305 e. The van der Waals surface area contributed by atoms with Crippen molar-refractivity contribution < 1.29 is 14.6 Å². The van der Waals surface area contributed by atoms with Crippen molar-refractivity contribution >= 4 is 5.97 Å². The summed E-state index contributed by atoms with van der Waals surface area (Å²) in [5.74, 6) is 2.07. The van der Waals surface area contributed by atoms with Gasteiger partial charge in [-0.15, -0.1) is 6.42 Å². The van der Waals surface area contributed by atoms with E-state index in [4.69, 9.17) is 11.5 Å².